The first kappa shape index (κ1) is 15.2. The summed E-state index contributed by atoms with van der Waals surface area (Å²) in [5.74, 6) is 0. The van der Waals surface area contributed by atoms with Gasteiger partial charge in [0, 0.05) is 23.8 Å². The van der Waals surface area contributed by atoms with Gasteiger partial charge in [0.25, 0.3) is 0 Å². The summed E-state index contributed by atoms with van der Waals surface area (Å²) in [6, 6.07) is 14.5. The van der Waals surface area contributed by atoms with Gasteiger partial charge >= 0.3 is 0 Å². The molecule has 0 saturated heterocycles. The van der Waals surface area contributed by atoms with Crippen LogP contribution >= 0.6 is 0 Å². The van der Waals surface area contributed by atoms with E-state index in [9.17, 15) is 0 Å². The number of aryl methyl sites for hydroxylation is 3. The van der Waals surface area contributed by atoms with E-state index in [2.05, 4.69) is 74.2 Å². The van der Waals surface area contributed by atoms with Gasteiger partial charge in [-0.1, -0.05) is 18.2 Å². The molecule has 0 radical (unpaired) electrons. The molecule has 0 amide bonds. The molecule has 0 bridgehead atoms. The maximum absolute atomic E-state index is 9.04. The Bertz CT molecular complexity index is 794. The van der Waals surface area contributed by atoms with Gasteiger partial charge in [-0.15, -0.1) is 0 Å². The fourth-order valence-corrected chi connectivity index (χ4v) is 3.30. The minimum Gasteiger partial charge on any atom is -0.325 e. The molecule has 3 nitrogen and oxygen atoms in total. The molecule has 2 aromatic carbocycles. The zero-order valence-corrected chi connectivity index (χ0v) is 14.0. The first-order chi connectivity index (χ1) is 11.0. The van der Waals surface area contributed by atoms with Gasteiger partial charge in [-0.25, -0.2) is 0 Å². The summed E-state index contributed by atoms with van der Waals surface area (Å²) in [7, 11) is 0. The van der Waals surface area contributed by atoms with Gasteiger partial charge in [-0.3, -0.25) is 0 Å². The predicted molar refractivity (Wildman–Crippen MR) is 95.4 cm³/mol. The zero-order chi connectivity index (χ0) is 16.6. The van der Waals surface area contributed by atoms with E-state index in [1.807, 2.05) is 18.2 Å². The Morgan fingerprint density at radius 1 is 0.913 bits per heavy atom. The highest BCUT2D eigenvalue weighted by atomic mass is 15.4. The normalized spacial score (nSPS) is 16.7. The van der Waals surface area contributed by atoms with Crippen molar-refractivity contribution in [2.45, 2.75) is 33.9 Å². The first-order valence-electron chi connectivity index (χ1n) is 7.85. The van der Waals surface area contributed by atoms with E-state index in [1.54, 1.807) is 0 Å². The van der Waals surface area contributed by atoms with Gasteiger partial charge < -0.3 is 9.80 Å². The van der Waals surface area contributed by atoms with Crippen LogP contribution in [0.1, 0.15) is 29.2 Å². The van der Waals surface area contributed by atoms with Crippen molar-refractivity contribution in [2.24, 2.45) is 0 Å². The zero-order valence-electron chi connectivity index (χ0n) is 14.0. The van der Waals surface area contributed by atoms with Crippen molar-refractivity contribution in [2.75, 3.05) is 9.80 Å². The minimum absolute atomic E-state index is 0.196. The summed E-state index contributed by atoms with van der Waals surface area (Å²) < 4.78 is 0. The monoisotopic (exact) mass is 303 g/mol. The number of benzene rings is 2. The third-order valence-corrected chi connectivity index (χ3v) is 4.49. The highest BCUT2D eigenvalue weighted by molar-refractivity contribution is 5.68. The standard InChI is InChI=1S/C20H21N3/c1-14-6-5-7-15(2)20(14)23-11-10-22(17(23)4)19-9-8-18(13-21)12-16(19)3/h5-12,17H,1-4H3/t17-/m0/s1. The lowest BCUT2D eigenvalue weighted by Gasteiger charge is -2.32. The Labute approximate surface area is 138 Å². The van der Waals surface area contributed by atoms with Gasteiger partial charge in [0.15, 0.2) is 0 Å². The van der Waals surface area contributed by atoms with Crippen molar-refractivity contribution >= 4 is 11.4 Å². The molecule has 3 rings (SSSR count). The highest BCUT2D eigenvalue weighted by Crippen LogP contribution is 2.34. The van der Waals surface area contributed by atoms with E-state index in [0.717, 1.165) is 11.3 Å². The van der Waals surface area contributed by atoms with Gasteiger partial charge in [-0.05, 0) is 62.6 Å². The lowest BCUT2D eigenvalue weighted by Crippen LogP contribution is -2.36. The summed E-state index contributed by atoms with van der Waals surface area (Å²) in [4.78, 5) is 4.56. The number of hydrogen-bond acceptors (Lipinski definition) is 3. The number of para-hydroxylation sites is 1. The second-order valence-corrected chi connectivity index (χ2v) is 6.10. The molecule has 3 heteroatoms. The maximum Gasteiger partial charge on any atom is 0.107 e. The quantitative estimate of drug-likeness (QED) is 0.810. The third kappa shape index (κ3) is 2.57. The van der Waals surface area contributed by atoms with Gasteiger partial charge in [0.05, 0.1) is 11.6 Å². The van der Waals surface area contributed by atoms with E-state index < -0.39 is 0 Å². The summed E-state index contributed by atoms with van der Waals surface area (Å²) in [5, 5.41) is 9.04. The lowest BCUT2D eigenvalue weighted by molar-refractivity contribution is 0.745. The number of nitrogens with zero attached hydrogens (tertiary/aromatic N) is 3. The molecule has 1 aliphatic rings. The molecule has 0 aromatic heterocycles. The Morgan fingerprint density at radius 2 is 1.57 bits per heavy atom. The SMILES string of the molecule is Cc1cc(C#N)ccc1N1C=CN(c2c(C)cccc2C)[C@H]1C. The predicted octanol–water partition coefficient (Wildman–Crippen LogP) is 4.63. The van der Waals surface area contributed by atoms with Crippen LogP contribution in [0.5, 0.6) is 0 Å². The summed E-state index contributed by atoms with van der Waals surface area (Å²) in [6.07, 6.45) is 4.45. The minimum atomic E-state index is 0.196. The Morgan fingerprint density at radius 3 is 2.17 bits per heavy atom. The fourth-order valence-electron chi connectivity index (χ4n) is 3.30. The molecular weight excluding hydrogens is 282 g/mol. The second kappa shape index (κ2) is 5.81. The van der Waals surface area contributed by atoms with Crippen LogP contribution < -0.4 is 9.80 Å². The molecule has 2 aromatic rings. The number of hydrogen-bond donors (Lipinski definition) is 0. The highest BCUT2D eigenvalue weighted by Gasteiger charge is 2.27. The Balaban J connectivity index is 1.96. The molecule has 116 valence electrons. The smallest absolute Gasteiger partial charge is 0.107 e. The lowest BCUT2D eigenvalue weighted by atomic mass is 10.1. The van der Waals surface area contributed by atoms with Crippen molar-refractivity contribution in [1.82, 2.24) is 0 Å². The van der Waals surface area contributed by atoms with E-state index in [1.165, 1.54) is 16.8 Å². The van der Waals surface area contributed by atoms with Crippen LogP contribution in [0.4, 0.5) is 11.4 Å². The molecular formula is C20H21N3. The largest absolute Gasteiger partial charge is 0.325 e. The number of nitriles is 1. The van der Waals surface area contributed by atoms with Gasteiger partial charge in [0.1, 0.15) is 6.17 Å². The van der Waals surface area contributed by atoms with Gasteiger partial charge in [-0.2, -0.15) is 5.26 Å². The molecule has 23 heavy (non-hydrogen) atoms. The average molecular weight is 303 g/mol. The van der Waals surface area contributed by atoms with Crippen LogP contribution in [-0.2, 0) is 0 Å². The first-order valence-corrected chi connectivity index (χ1v) is 7.85. The van der Waals surface area contributed by atoms with E-state index in [0.29, 0.717) is 5.56 Å². The fraction of sp³-hybridized carbons (Fsp3) is 0.250. The van der Waals surface area contributed by atoms with Crippen molar-refractivity contribution in [3.8, 4) is 6.07 Å². The molecule has 0 N–H and O–H groups in total. The van der Waals surface area contributed by atoms with Crippen LogP contribution in [0.2, 0.25) is 0 Å². The van der Waals surface area contributed by atoms with Crippen molar-refractivity contribution in [3.05, 3.63) is 71.1 Å². The Hall–Kier alpha value is -2.73. The van der Waals surface area contributed by atoms with Crippen LogP contribution in [0, 0.1) is 32.1 Å². The van der Waals surface area contributed by atoms with Crippen LogP contribution in [-0.4, -0.2) is 6.17 Å². The third-order valence-electron chi connectivity index (χ3n) is 4.49. The van der Waals surface area contributed by atoms with E-state index >= 15 is 0 Å². The van der Waals surface area contributed by atoms with Crippen molar-refractivity contribution in [1.29, 1.82) is 5.26 Å². The molecule has 0 aliphatic carbocycles. The number of anilines is 2. The average Bonchev–Trinajstić information content (AvgIpc) is 2.89. The number of rotatable bonds is 2. The van der Waals surface area contributed by atoms with E-state index in [-0.39, 0.29) is 6.17 Å². The molecule has 0 unspecified atom stereocenters. The maximum atomic E-state index is 9.04. The Kier molecular flexibility index (Phi) is 3.83. The molecule has 1 heterocycles. The summed E-state index contributed by atoms with van der Waals surface area (Å²) in [6.45, 7) is 8.55. The van der Waals surface area contributed by atoms with Crippen LogP contribution in [0.3, 0.4) is 0 Å². The summed E-state index contributed by atoms with van der Waals surface area (Å²) >= 11 is 0. The molecule has 1 atom stereocenters. The van der Waals surface area contributed by atoms with Crippen LogP contribution in [0.15, 0.2) is 48.8 Å². The van der Waals surface area contributed by atoms with Crippen molar-refractivity contribution < 1.29 is 0 Å². The molecule has 0 saturated carbocycles. The second-order valence-electron chi connectivity index (χ2n) is 6.10. The molecule has 1 aliphatic heterocycles. The van der Waals surface area contributed by atoms with Crippen LogP contribution in [0.25, 0.3) is 0 Å². The van der Waals surface area contributed by atoms with Crippen molar-refractivity contribution in [3.63, 3.8) is 0 Å². The molecule has 0 fully saturated rings. The summed E-state index contributed by atoms with van der Waals surface area (Å²) in [5.41, 5.74) is 6.78. The molecule has 0 spiro atoms. The van der Waals surface area contributed by atoms with Gasteiger partial charge in [0.2, 0.25) is 0 Å². The van der Waals surface area contributed by atoms with E-state index in [4.69, 9.17) is 5.26 Å². The topological polar surface area (TPSA) is 30.3 Å².